The molecule has 0 fully saturated rings. The van der Waals surface area contributed by atoms with Gasteiger partial charge in [0.25, 0.3) is 0 Å². The number of hydrogen-bond donors (Lipinski definition) is 0. The summed E-state index contributed by atoms with van der Waals surface area (Å²) >= 11 is 0. The molecule has 0 rings (SSSR count). The number of rotatable bonds is 3. The Morgan fingerprint density at radius 2 is 2.25 bits per heavy atom. The molecule has 0 saturated heterocycles. The van der Waals surface area contributed by atoms with Crippen LogP contribution in [0.3, 0.4) is 0 Å². The molecule has 0 heterocycles. The van der Waals surface area contributed by atoms with Crippen LogP contribution in [0.1, 0.15) is 20.3 Å². The van der Waals surface area contributed by atoms with Crippen LogP contribution in [0, 0.1) is 5.92 Å². The van der Waals surface area contributed by atoms with E-state index in [2.05, 4.69) is 32.6 Å². The maximum Gasteiger partial charge on any atom is -0.00846 e. The Bertz CT molecular complexity index is 80.0. The minimum absolute atomic E-state index is 0.537. The molecule has 0 aromatic carbocycles. The first-order valence-corrected chi connectivity index (χ1v) is 3.10. The van der Waals surface area contributed by atoms with Crippen LogP contribution in [0.15, 0.2) is 24.8 Å². The van der Waals surface area contributed by atoms with Gasteiger partial charge in [0.15, 0.2) is 0 Å². The Morgan fingerprint density at radius 1 is 1.62 bits per heavy atom. The average molecular weight is 110 g/mol. The minimum Gasteiger partial charge on any atom is -0.102 e. The van der Waals surface area contributed by atoms with Gasteiger partial charge in [0.1, 0.15) is 0 Å². The molecule has 0 spiro atoms. The lowest BCUT2D eigenvalue weighted by Gasteiger charge is -1.92. The first-order valence-electron chi connectivity index (χ1n) is 3.10. The monoisotopic (exact) mass is 110 g/mol. The lowest BCUT2D eigenvalue weighted by Crippen LogP contribution is -1.78. The average Bonchev–Trinajstić information content (AvgIpc) is 1.83. The largest absolute Gasteiger partial charge is 0.102 e. The summed E-state index contributed by atoms with van der Waals surface area (Å²) in [5.41, 5.74) is 0. The third kappa shape index (κ3) is 3.66. The summed E-state index contributed by atoms with van der Waals surface area (Å²) in [6.45, 7) is 7.92. The Hall–Kier alpha value is -0.520. The first kappa shape index (κ1) is 7.48. The second-order valence-corrected chi connectivity index (χ2v) is 1.93. The van der Waals surface area contributed by atoms with Crippen LogP contribution in [0.25, 0.3) is 0 Å². The van der Waals surface area contributed by atoms with E-state index in [0.29, 0.717) is 5.92 Å². The van der Waals surface area contributed by atoms with Crippen LogP contribution in [-0.4, -0.2) is 0 Å². The van der Waals surface area contributed by atoms with Gasteiger partial charge in [0.05, 0.1) is 0 Å². The maximum absolute atomic E-state index is 3.66. The molecule has 46 valence electrons. The zero-order valence-electron chi connectivity index (χ0n) is 5.72. The van der Waals surface area contributed by atoms with Gasteiger partial charge in [-0.2, -0.15) is 0 Å². The fourth-order valence-electron chi connectivity index (χ4n) is 0.429. The Kier molecular flexibility index (Phi) is 4.33. The molecule has 0 amide bonds. The van der Waals surface area contributed by atoms with Gasteiger partial charge >= 0.3 is 0 Å². The molecule has 0 nitrogen and oxygen atoms in total. The molecule has 0 aliphatic carbocycles. The van der Waals surface area contributed by atoms with Crippen molar-refractivity contribution in [2.45, 2.75) is 20.3 Å². The SMILES string of the molecule is C=CC(C)C=CCC. The second-order valence-electron chi connectivity index (χ2n) is 1.93. The molecule has 0 N–H and O–H groups in total. The van der Waals surface area contributed by atoms with E-state index in [9.17, 15) is 0 Å². The summed E-state index contributed by atoms with van der Waals surface area (Å²) in [7, 11) is 0. The summed E-state index contributed by atoms with van der Waals surface area (Å²) in [5, 5.41) is 0. The molecule has 0 aromatic heterocycles. The van der Waals surface area contributed by atoms with Crippen LogP contribution in [0.5, 0.6) is 0 Å². The molecule has 0 heteroatoms. The molecule has 0 saturated carbocycles. The lowest BCUT2D eigenvalue weighted by molar-refractivity contribution is 0.933. The van der Waals surface area contributed by atoms with E-state index >= 15 is 0 Å². The molecule has 0 aliphatic heterocycles. The fourth-order valence-corrected chi connectivity index (χ4v) is 0.429. The molecular formula is C8H14. The van der Waals surface area contributed by atoms with E-state index in [1.165, 1.54) is 0 Å². The molecule has 0 aliphatic rings. The van der Waals surface area contributed by atoms with Gasteiger partial charge in [0, 0.05) is 0 Å². The molecule has 0 radical (unpaired) electrons. The molecule has 1 atom stereocenters. The van der Waals surface area contributed by atoms with Gasteiger partial charge in [-0.1, -0.05) is 32.1 Å². The molecule has 0 bridgehead atoms. The minimum atomic E-state index is 0.537. The summed E-state index contributed by atoms with van der Waals surface area (Å²) in [6, 6.07) is 0. The predicted molar refractivity (Wildman–Crippen MR) is 38.8 cm³/mol. The number of allylic oxidation sites excluding steroid dienone is 3. The van der Waals surface area contributed by atoms with Crippen molar-refractivity contribution in [2.24, 2.45) is 5.92 Å². The first-order chi connectivity index (χ1) is 3.81. The van der Waals surface area contributed by atoms with E-state index in [0.717, 1.165) is 6.42 Å². The zero-order chi connectivity index (χ0) is 6.41. The smallest absolute Gasteiger partial charge is 0.00846 e. The third-order valence-electron chi connectivity index (χ3n) is 1.05. The van der Waals surface area contributed by atoms with Crippen LogP contribution in [0.4, 0.5) is 0 Å². The van der Waals surface area contributed by atoms with Crippen molar-refractivity contribution >= 4 is 0 Å². The Labute approximate surface area is 51.9 Å². The van der Waals surface area contributed by atoms with E-state index < -0.39 is 0 Å². The van der Waals surface area contributed by atoms with Crippen molar-refractivity contribution in [3.8, 4) is 0 Å². The van der Waals surface area contributed by atoms with E-state index in [1.54, 1.807) is 0 Å². The highest BCUT2D eigenvalue weighted by Crippen LogP contribution is 1.97. The van der Waals surface area contributed by atoms with Crippen molar-refractivity contribution in [1.29, 1.82) is 0 Å². The Morgan fingerprint density at radius 3 is 2.62 bits per heavy atom. The third-order valence-corrected chi connectivity index (χ3v) is 1.05. The van der Waals surface area contributed by atoms with Gasteiger partial charge in [0.2, 0.25) is 0 Å². The molecular weight excluding hydrogens is 96.1 g/mol. The lowest BCUT2D eigenvalue weighted by atomic mass is 10.1. The van der Waals surface area contributed by atoms with Gasteiger partial charge in [-0.3, -0.25) is 0 Å². The van der Waals surface area contributed by atoms with Gasteiger partial charge < -0.3 is 0 Å². The van der Waals surface area contributed by atoms with Crippen LogP contribution >= 0.6 is 0 Å². The number of hydrogen-bond acceptors (Lipinski definition) is 0. The molecule has 1 unspecified atom stereocenters. The van der Waals surface area contributed by atoms with E-state index in [-0.39, 0.29) is 0 Å². The van der Waals surface area contributed by atoms with E-state index in [4.69, 9.17) is 0 Å². The van der Waals surface area contributed by atoms with Crippen LogP contribution in [-0.2, 0) is 0 Å². The zero-order valence-corrected chi connectivity index (χ0v) is 5.72. The Balaban J connectivity index is 3.35. The predicted octanol–water partition coefficient (Wildman–Crippen LogP) is 2.77. The summed E-state index contributed by atoms with van der Waals surface area (Å²) in [4.78, 5) is 0. The highest BCUT2D eigenvalue weighted by Gasteiger charge is 1.82. The van der Waals surface area contributed by atoms with Crippen molar-refractivity contribution in [3.05, 3.63) is 24.8 Å². The van der Waals surface area contributed by atoms with Crippen molar-refractivity contribution < 1.29 is 0 Å². The summed E-state index contributed by atoms with van der Waals surface area (Å²) in [5.74, 6) is 0.537. The van der Waals surface area contributed by atoms with E-state index in [1.807, 2.05) is 6.08 Å². The van der Waals surface area contributed by atoms with Crippen molar-refractivity contribution in [1.82, 2.24) is 0 Å². The topological polar surface area (TPSA) is 0 Å². The highest BCUT2D eigenvalue weighted by molar-refractivity contribution is 4.93. The fraction of sp³-hybridized carbons (Fsp3) is 0.500. The highest BCUT2D eigenvalue weighted by atomic mass is 13.9. The quantitative estimate of drug-likeness (QED) is 0.490. The van der Waals surface area contributed by atoms with Gasteiger partial charge in [-0.15, -0.1) is 6.58 Å². The molecule has 8 heavy (non-hydrogen) atoms. The molecule has 0 aromatic rings. The van der Waals surface area contributed by atoms with Crippen molar-refractivity contribution in [2.75, 3.05) is 0 Å². The van der Waals surface area contributed by atoms with Crippen LogP contribution in [0.2, 0.25) is 0 Å². The maximum atomic E-state index is 3.66. The second kappa shape index (κ2) is 4.63. The normalized spacial score (nSPS) is 14.2. The van der Waals surface area contributed by atoms with Crippen LogP contribution < -0.4 is 0 Å². The standard InChI is InChI=1S/C8H14/c1-4-6-7-8(3)5-2/h5-8H,2,4H2,1,3H3. The van der Waals surface area contributed by atoms with Gasteiger partial charge in [-0.05, 0) is 12.3 Å². The summed E-state index contributed by atoms with van der Waals surface area (Å²) in [6.07, 6.45) is 7.38. The van der Waals surface area contributed by atoms with Crippen molar-refractivity contribution in [3.63, 3.8) is 0 Å². The summed E-state index contributed by atoms with van der Waals surface area (Å²) < 4.78 is 0. The van der Waals surface area contributed by atoms with Gasteiger partial charge in [-0.25, -0.2) is 0 Å².